The van der Waals surface area contributed by atoms with E-state index in [1.54, 1.807) is 13.8 Å². The summed E-state index contributed by atoms with van der Waals surface area (Å²) in [6.45, 7) is 3.40. The average Bonchev–Trinajstić information content (AvgIpc) is 2.30. The lowest BCUT2D eigenvalue weighted by Crippen LogP contribution is -2.35. The number of hydrogen-bond donors (Lipinski definition) is 4. The second-order valence-electron chi connectivity index (χ2n) is 4.68. The second-order valence-corrected chi connectivity index (χ2v) is 5.84. The van der Waals surface area contributed by atoms with Crippen LogP contribution in [0.15, 0.2) is 18.2 Å². The zero-order valence-electron chi connectivity index (χ0n) is 11.6. The van der Waals surface area contributed by atoms with E-state index in [-0.39, 0.29) is 18.3 Å². The van der Waals surface area contributed by atoms with E-state index in [4.69, 9.17) is 20.3 Å². The maximum atomic E-state index is 11.6. The molecule has 1 rings (SSSR count). The van der Waals surface area contributed by atoms with Gasteiger partial charge in [0, 0.05) is 0 Å². The number of aromatic hydroxyl groups is 1. The van der Waals surface area contributed by atoms with Crippen molar-refractivity contribution in [3.63, 3.8) is 0 Å². The minimum atomic E-state index is -4.75. The Morgan fingerprint density at radius 3 is 2.48 bits per heavy atom. The van der Waals surface area contributed by atoms with Gasteiger partial charge in [0.1, 0.15) is 6.04 Å². The molecule has 0 bridgehead atoms. The molecular formula is C12H18NO7P. The Morgan fingerprint density at radius 1 is 1.38 bits per heavy atom. The summed E-state index contributed by atoms with van der Waals surface area (Å²) in [5.41, 5.74) is 6.17. The normalized spacial score (nSPS) is 13.0. The Morgan fingerprint density at radius 2 is 2.00 bits per heavy atom. The quantitative estimate of drug-likeness (QED) is 0.443. The summed E-state index contributed by atoms with van der Waals surface area (Å²) in [6, 6.07) is 2.94. The van der Waals surface area contributed by atoms with Crippen LogP contribution in [0, 0.1) is 0 Å². The predicted molar refractivity (Wildman–Crippen MR) is 73.7 cm³/mol. The fourth-order valence-electron chi connectivity index (χ4n) is 1.55. The van der Waals surface area contributed by atoms with Gasteiger partial charge in [-0.1, -0.05) is 6.07 Å². The number of phenols is 1. The van der Waals surface area contributed by atoms with Crippen LogP contribution >= 0.6 is 7.82 Å². The SMILES string of the molecule is CC(C)OC(=O)[C@@H](N)Cc1ccc(OP(=O)(O)O)c(O)c1. The maximum absolute atomic E-state index is 11.6. The van der Waals surface area contributed by atoms with Crippen molar-refractivity contribution in [1.29, 1.82) is 0 Å². The Labute approximate surface area is 121 Å². The molecule has 0 unspecified atom stereocenters. The largest absolute Gasteiger partial charge is 0.524 e. The Kier molecular flexibility index (Phi) is 5.74. The molecule has 0 aliphatic carbocycles. The van der Waals surface area contributed by atoms with Crippen LogP contribution in [0.25, 0.3) is 0 Å². The first-order chi connectivity index (χ1) is 9.58. The van der Waals surface area contributed by atoms with Crippen LogP contribution in [-0.2, 0) is 20.5 Å². The van der Waals surface area contributed by atoms with Crippen molar-refractivity contribution in [2.24, 2.45) is 5.73 Å². The molecule has 0 fully saturated rings. The highest BCUT2D eigenvalue weighted by molar-refractivity contribution is 7.46. The van der Waals surface area contributed by atoms with Crippen LogP contribution in [0.5, 0.6) is 11.5 Å². The third-order valence-corrected chi connectivity index (χ3v) is 2.79. The van der Waals surface area contributed by atoms with E-state index in [9.17, 15) is 14.5 Å². The van der Waals surface area contributed by atoms with E-state index < -0.39 is 25.6 Å². The van der Waals surface area contributed by atoms with E-state index in [0.717, 1.165) is 0 Å². The van der Waals surface area contributed by atoms with Gasteiger partial charge in [0.05, 0.1) is 6.10 Å². The van der Waals surface area contributed by atoms with E-state index in [0.29, 0.717) is 5.56 Å². The summed E-state index contributed by atoms with van der Waals surface area (Å²) in [5.74, 6) is -1.38. The zero-order chi connectivity index (χ0) is 16.2. The number of carbonyl (C=O) groups is 1. The van der Waals surface area contributed by atoms with Crippen molar-refractivity contribution in [3.05, 3.63) is 23.8 Å². The predicted octanol–water partition coefficient (Wildman–Crippen LogP) is 0.685. The van der Waals surface area contributed by atoms with E-state index in [1.165, 1.54) is 18.2 Å². The van der Waals surface area contributed by atoms with Crippen LogP contribution in [0.1, 0.15) is 19.4 Å². The van der Waals surface area contributed by atoms with E-state index in [2.05, 4.69) is 4.52 Å². The molecule has 1 atom stereocenters. The minimum absolute atomic E-state index is 0.106. The van der Waals surface area contributed by atoms with Crippen molar-refractivity contribution < 1.29 is 33.5 Å². The van der Waals surface area contributed by atoms with Gasteiger partial charge in [0.15, 0.2) is 11.5 Å². The lowest BCUT2D eigenvalue weighted by Gasteiger charge is -2.14. The smallest absolute Gasteiger partial charge is 0.504 e. The van der Waals surface area contributed by atoms with E-state index in [1.807, 2.05) is 0 Å². The van der Waals surface area contributed by atoms with Crippen LogP contribution in [0.4, 0.5) is 0 Å². The molecule has 0 saturated heterocycles. The first kappa shape index (κ1) is 17.5. The first-order valence-electron chi connectivity index (χ1n) is 6.11. The Hall–Kier alpha value is -1.60. The molecule has 0 aromatic heterocycles. The first-order valence-corrected chi connectivity index (χ1v) is 7.64. The van der Waals surface area contributed by atoms with Gasteiger partial charge in [-0.2, -0.15) is 0 Å². The van der Waals surface area contributed by atoms with Crippen molar-refractivity contribution in [1.82, 2.24) is 0 Å². The molecule has 21 heavy (non-hydrogen) atoms. The molecule has 0 spiro atoms. The van der Waals surface area contributed by atoms with Gasteiger partial charge >= 0.3 is 13.8 Å². The van der Waals surface area contributed by atoms with Gasteiger partial charge in [0.25, 0.3) is 0 Å². The summed E-state index contributed by atoms with van der Waals surface area (Å²) in [6.07, 6.45) is -0.175. The molecular weight excluding hydrogens is 301 g/mol. The molecule has 0 aliphatic heterocycles. The lowest BCUT2D eigenvalue weighted by atomic mass is 10.1. The molecule has 0 amide bonds. The third kappa shape index (κ3) is 6.14. The highest BCUT2D eigenvalue weighted by Crippen LogP contribution is 2.41. The topological polar surface area (TPSA) is 139 Å². The van der Waals surface area contributed by atoms with Crippen LogP contribution in [0.3, 0.4) is 0 Å². The number of hydrogen-bond acceptors (Lipinski definition) is 6. The number of phenolic OH excluding ortho intramolecular Hbond substituents is 1. The highest BCUT2D eigenvalue weighted by atomic mass is 31.2. The molecule has 8 nitrogen and oxygen atoms in total. The monoisotopic (exact) mass is 319 g/mol. The van der Waals surface area contributed by atoms with Gasteiger partial charge in [-0.3, -0.25) is 14.6 Å². The molecule has 0 saturated carbocycles. The fourth-order valence-corrected chi connectivity index (χ4v) is 1.96. The van der Waals surface area contributed by atoms with Crippen LogP contribution in [0.2, 0.25) is 0 Å². The standard InChI is InChI=1S/C12H18NO7P/c1-7(2)19-12(15)9(13)5-8-3-4-11(10(14)6-8)20-21(16,17)18/h3-4,6-7,9,14H,5,13H2,1-2H3,(H2,16,17,18)/t9-/m0/s1. The molecule has 0 aliphatic rings. The number of benzene rings is 1. The summed E-state index contributed by atoms with van der Waals surface area (Å²) in [5, 5.41) is 9.63. The number of rotatable bonds is 6. The highest BCUT2D eigenvalue weighted by Gasteiger charge is 2.20. The van der Waals surface area contributed by atoms with Gasteiger partial charge in [-0.05, 0) is 38.0 Å². The molecule has 118 valence electrons. The summed E-state index contributed by atoms with van der Waals surface area (Å²) < 4.78 is 19.9. The number of nitrogens with two attached hydrogens (primary N) is 1. The molecule has 0 heterocycles. The number of phosphoric ester groups is 1. The molecule has 0 radical (unpaired) electrons. The van der Waals surface area contributed by atoms with Gasteiger partial charge < -0.3 is 20.1 Å². The van der Waals surface area contributed by atoms with Crippen molar-refractivity contribution in [2.45, 2.75) is 32.4 Å². The molecule has 9 heteroatoms. The van der Waals surface area contributed by atoms with Crippen molar-refractivity contribution in [2.75, 3.05) is 0 Å². The van der Waals surface area contributed by atoms with Gasteiger partial charge in [-0.25, -0.2) is 4.57 Å². The second kappa shape index (κ2) is 6.91. The number of phosphoric acid groups is 1. The third-order valence-electron chi connectivity index (χ3n) is 2.35. The summed E-state index contributed by atoms with van der Waals surface area (Å²) in [7, 11) is -4.75. The van der Waals surface area contributed by atoms with Crippen molar-refractivity contribution >= 4 is 13.8 Å². The maximum Gasteiger partial charge on any atom is 0.524 e. The number of carbonyl (C=O) groups excluding carboxylic acids is 1. The number of esters is 1. The Bertz CT molecular complexity index is 555. The van der Waals surface area contributed by atoms with Gasteiger partial charge in [-0.15, -0.1) is 0 Å². The summed E-state index contributed by atoms with van der Waals surface area (Å²) in [4.78, 5) is 28.9. The van der Waals surface area contributed by atoms with Crippen LogP contribution in [-0.4, -0.2) is 33.0 Å². The summed E-state index contributed by atoms with van der Waals surface area (Å²) >= 11 is 0. The fraction of sp³-hybridized carbons (Fsp3) is 0.417. The van der Waals surface area contributed by atoms with Crippen molar-refractivity contribution in [3.8, 4) is 11.5 Å². The molecule has 5 N–H and O–H groups in total. The van der Waals surface area contributed by atoms with E-state index >= 15 is 0 Å². The van der Waals surface area contributed by atoms with Gasteiger partial charge in [0.2, 0.25) is 0 Å². The molecule has 1 aromatic rings. The lowest BCUT2D eigenvalue weighted by molar-refractivity contribution is -0.148. The Balaban J connectivity index is 2.76. The molecule has 1 aromatic carbocycles. The number of ether oxygens (including phenoxy) is 1. The zero-order valence-corrected chi connectivity index (χ0v) is 12.5. The van der Waals surface area contributed by atoms with Crippen LogP contribution < -0.4 is 10.3 Å². The minimum Gasteiger partial charge on any atom is -0.504 e. The average molecular weight is 319 g/mol.